The predicted octanol–water partition coefficient (Wildman–Crippen LogP) is 1.28. The van der Waals surface area contributed by atoms with Gasteiger partial charge in [0, 0.05) is 5.56 Å². The van der Waals surface area contributed by atoms with E-state index in [1.165, 1.54) is 7.11 Å². The third-order valence-electron chi connectivity index (χ3n) is 3.04. The lowest BCUT2D eigenvalue weighted by atomic mass is 10.2. The minimum Gasteiger partial charge on any atom is -0.453 e. The second-order valence-electron chi connectivity index (χ2n) is 4.44. The summed E-state index contributed by atoms with van der Waals surface area (Å²) >= 11 is 12.1. The van der Waals surface area contributed by atoms with E-state index in [4.69, 9.17) is 23.2 Å². The smallest absolute Gasteiger partial charge is 0.413 e. The van der Waals surface area contributed by atoms with Gasteiger partial charge in [0.1, 0.15) is 6.54 Å². The Morgan fingerprint density at radius 2 is 2.05 bits per heavy atom. The molecule has 0 fully saturated rings. The summed E-state index contributed by atoms with van der Waals surface area (Å²) in [6.45, 7) is 2.22. The quantitative estimate of drug-likeness (QED) is 0.879. The maximum Gasteiger partial charge on any atom is 0.413 e. The molecule has 0 aliphatic heterocycles. The van der Waals surface area contributed by atoms with E-state index in [1.54, 1.807) is 19.1 Å². The zero-order chi connectivity index (χ0) is 15.3. The van der Waals surface area contributed by atoms with E-state index in [0.717, 1.165) is 10.5 Å². The lowest BCUT2D eigenvalue weighted by molar-refractivity contribution is -0.908. The van der Waals surface area contributed by atoms with Crippen molar-refractivity contribution in [2.24, 2.45) is 0 Å². The van der Waals surface area contributed by atoms with Gasteiger partial charge < -0.3 is 9.64 Å². The van der Waals surface area contributed by atoms with Gasteiger partial charge in [0.15, 0.2) is 6.04 Å². The fourth-order valence-electron chi connectivity index (χ4n) is 1.62. The lowest BCUT2D eigenvalue weighted by Gasteiger charge is -2.21. The number of ether oxygens (including phenoxy) is 1. The summed E-state index contributed by atoms with van der Waals surface area (Å²) in [7, 11) is 3.04. The van der Waals surface area contributed by atoms with Gasteiger partial charge in [-0.3, -0.25) is 10.1 Å². The van der Waals surface area contributed by atoms with Gasteiger partial charge in [-0.15, -0.1) is 0 Å². The van der Waals surface area contributed by atoms with Crippen LogP contribution in [0.3, 0.4) is 0 Å². The molecule has 0 aliphatic rings. The summed E-state index contributed by atoms with van der Waals surface area (Å²) < 4.78 is 4.39. The average Bonchev–Trinajstić information content (AvgIpc) is 2.42. The molecular weight excluding hydrogens is 303 g/mol. The molecule has 0 saturated heterocycles. The molecule has 0 bridgehead atoms. The highest BCUT2D eigenvalue weighted by atomic mass is 35.5. The van der Waals surface area contributed by atoms with Gasteiger partial charge >= 0.3 is 6.09 Å². The van der Waals surface area contributed by atoms with Crippen LogP contribution in [-0.2, 0) is 16.1 Å². The molecule has 1 rings (SSSR count). The number of amides is 2. The molecule has 1 unspecified atom stereocenters. The monoisotopic (exact) mass is 319 g/mol. The number of carbonyl (C=O) groups excluding carboxylic acids is 2. The summed E-state index contributed by atoms with van der Waals surface area (Å²) in [4.78, 5) is 23.7. The van der Waals surface area contributed by atoms with Crippen LogP contribution in [0.25, 0.3) is 0 Å². The molecule has 0 aromatic heterocycles. The normalized spacial score (nSPS) is 13.4. The Morgan fingerprint density at radius 1 is 1.40 bits per heavy atom. The van der Waals surface area contributed by atoms with Crippen LogP contribution < -0.4 is 10.2 Å². The molecule has 7 heteroatoms. The number of carbonyl (C=O) groups is 2. The molecule has 0 heterocycles. The van der Waals surface area contributed by atoms with E-state index in [0.29, 0.717) is 16.6 Å². The molecule has 1 aromatic carbocycles. The van der Waals surface area contributed by atoms with Crippen molar-refractivity contribution in [2.75, 3.05) is 14.2 Å². The number of alkyl carbamates (subject to hydrolysis) is 1. The topological polar surface area (TPSA) is 59.8 Å². The molecule has 2 amide bonds. The Labute approximate surface area is 127 Å². The number of quaternary nitrogens is 1. The summed E-state index contributed by atoms with van der Waals surface area (Å²) in [5, 5.41) is 3.10. The highest BCUT2D eigenvalue weighted by molar-refractivity contribution is 6.42. The van der Waals surface area contributed by atoms with Crippen molar-refractivity contribution in [2.45, 2.75) is 19.5 Å². The number of nitrogens with one attached hydrogen (secondary N) is 2. The van der Waals surface area contributed by atoms with E-state index in [9.17, 15) is 9.59 Å². The first-order chi connectivity index (χ1) is 9.36. The Balaban J connectivity index is 2.70. The van der Waals surface area contributed by atoms with Gasteiger partial charge in [-0.1, -0.05) is 35.3 Å². The van der Waals surface area contributed by atoms with Gasteiger partial charge in [-0.2, -0.15) is 0 Å². The number of imide groups is 1. The first-order valence-corrected chi connectivity index (χ1v) is 6.76. The summed E-state index contributed by atoms with van der Waals surface area (Å²) in [5.74, 6) is -0.410. The molecule has 0 aliphatic carbocycles. The Bertz CT molecular complexity index is 508. The molecule has 0 saturated carbocycles. The molecular formula is C13H17Cl2N2O3+. The van der Waals surface area contributed by atoms with E-state index >= 15 is 0 Å². The summed E-state index contributed by atoms with van der Waals surface area (Å²) in [5.41, 5.74) is 0.842. The molecule has 2 N–H and O–H groups in total. The molecule has 110 valence electrons. The highest BCUT2D eigenvalue weighted by Gasteiger charge is 2.24. The number of benzene rings is 1. The molecule has 20 heavy (non-hydrogen) atoms. The maximum absolute atomic E-state index is 11.8. The van der Waals surface area contributed by atoms with Crippen LogP contribution in [0.2, 0.25) is 10.0 Å². The first kappa shape index (κ1) is 16.8. The van der Waals surface area contributed by atoms with E-state index in [2.05, 4.69) is 10.1 Å². The van der Waals surface area contributed by atoms with Crippen LogP contribution in [-0.4, -0.2) is 32.2 Å². The number of methoxy groups -OCH3 is 1. The van der Waals surface area contributed by atoms with E-state index < -0.39 is 18.0 Å². The molecule has 5 nitrogen and oxygen atoms in total. The van der Waals surface area contributed by atoms with E-state index in [-0.39, 0.29) is 0 Å². The highest BCUT2D eigenvalue weighted by Crippen LogP contribution is 2.24. The number of likely N-dealkylation sites (N-methyl/N-ethyl adjacent to an activating group) is 1. The van der Waals surface area contributed by atoms with Gasteiger partial charge in [-0.05, 0) is 13.0 Å². The van der Waals surface area contributed by atoms with Gasteiger partial charge in [0.2, 0.25) is 0 Å². The van der Waals surface area contributed by atoms with Crippen LogP contribution in [0.15, 0.2) is 18.2 Å². The summed E-state index contributed by atoms with van der Waals surface area (Å²) in [6.07, 6.45) is -0.768. The van der Waals surface area contributed by atoms with Crippen LogP contribution in [0.1, 0.15) is 12.5 Å². The van der Waals surface area contributed by atoms with Crippen molar-refractivity contribution < 1.29 is 19.2 Å². The number of halogens is 2. The second-order valence-corrected chi connectivity index (χ2v) is 5.22. The van der Waals surface area contributed by atoms with Crippen LogP contribution >= 0.6 is 23.2 Å². The Morgan fingerprint density at radius 3 is 2.65 bits per heavy atom. The minimum absolute atomic E-state index is 0.410. The van der Waals surface area contributed by atoms with Crippen molar-refractivity contribution in [3.05, 3.63) is 33.8 Å². The number of hydrogen-bond donors (Lipinski definition) is 2. The average molecular weight is 320 g/mol. The van der Waals surface area contributed by atoms with Gasteiger partial charge in [-0.25, -0.2) is 4.79 Å². The summed E-state index contributed by atoms with van der Waals surface area (Å²) in [6, 6.07) is 4.92. The molecule has 2 atom stereocenters. The third kappa shape index (κ3) is 4.37. The van der Waals surface area contributed by atoms with Crippen LogP contribution in [0, 0.1) is 0 Å². The standard InChI is InChI=1S/C13H16Cl2N2O3/c1-8(12(18)16-13(19)20-3)17(2)7-9-5-4-6-10(14)11(9)15/h4-6,8H,7H2,1-3H3,(H,16,18,19)/p+1/t8-/m0/s1. The Hall–Kier alpha value is -1.30. The first-order valence-electron chi connectivity index (χ1n) is 6.00. The van der Waals surface area contributed by atoms with Gasteiger partial charge in [0.05, 0.1) is 24.2 Å². The molecule has 0 radical (unpaired) electrons. The maximum atomic E-state index is 11.8. The number of hydrogen-bond acceptors (Lipinski definition) is 3. The van der Waals surface area contributed by atoms with Crippen molar-refractivity contribution in [3.8, 4) is 0 Å². The largest absolute Gasteiger partial charge is 0.453 e. The minimum atomic E-state index is -0.768. The zero-order valence-electron chi connectivity index (χ0n) is 11.5. The third-order valence-corrected chi connectivity index (χ3v) is 3.90. The molecule has 1 aromatic rings. The van der Waals surface area contributed by atoms with Crippen LogP contribution in [0.5, 0.6) is 0 Å². The van der Waals surface area contributed by atoms with Gasteiger partial charge in [0.25, 0.3) is 5.91 Å². The fourth-order valence-corrected chi connectivity index (χ4v) is 2.01. The molecule has 0 spiro atoms. The fraction of sp³-hybridized carbons (Fsp3) is 0.385. The SMILES string of the molecule is COC(=O)NC(=O)[C@H](C)[NH+](C)Cc1cccc(Cl)c1Cl. The van der Waals surface area contributed by atoms with Crippen LogP contribution in [0.4, 0.5) is 4.79 Å². The van der Waals surface area contributed by atoms with Crippen molar-refractivity contribution in [3.63, 3.8) is 0 Å². The van der Waals surface area contributed by atoms with Crippen molar-refractivity contribution >= 4 is 35.2 Å². The Kier molecular flexibility index (Phi) is 6.26. The predicted molar refractivity (Wildman–Crippen MR) is 77.1 cm³/mol. The van der Waals surface area contributed by atoms with E-state index in [1.807, 2.05) is 13.1 Å². The zero-order valence-corrected chi connectivity index (χ0v) is 13.0. The van der Waals surface area contributed by atoms with Crippen molar-refractivity contribution in [1.29, 1.82) is 0 Å². The number of rotatable bonds is 4. The second kappa shape index (κ2) is 7.47. The van der Waals surface area contributed by atoms with Crippen molar-refractivity contribution in [1.82, 2.24) is 5.32 Å². The lowest BCUT2D eigenvalue weighted by Crippen LogP contribution is -3.12.